The SMILES string of the molecule is C#CC[N+](C)(C)CCCCOC1O[C@H](COC(C)=O)[C@@H](OC(C)=O)[C@H](OC(C)=O)[C@H]1OC(C)=O.[Br-]. The van der Waals surface area contributed by atoms with E-state index in [0.717, 1.165) is 26.8 Å². The Morgan fingerprint density at radius 3 is 1.91 bits per heavy atom. The number of quaternary nitrogens is 1. The first-order valence-electron chi connectivity index (χ1n) is 11.0. The van der Waals surface area contributed by atoms with Crippen LogP contribution >= 0.6 is 0 Å². The molecule has 1 heterocycles. The molecule has 0 aromatic heterocycles. The Morgan fingerprint density at radius 2 is 1.40 bits per heavy atom. The molecule has 11 nitrogen and oxygen atoms in total. The average Bonchev–Trinajstić information content (AvgIpc) is 2.69. The molecular weight excluding hydrogens is 530 g/mol. The quantitative estimate of drug-likeness (QED) is 0.0829. The van der Waals surface area contributed by atoms with E-state index in [1.165, 1.54) is 13.8 Å². The van der Waals surface area contributed by atoms with Crippen molar-refractivity contribution in [1.82, 2.24) is 0 Å². The van der Waals surface area contributed by atoms with Crippen LogP contribution in [0.25, 0.3) is 0 Å². The van der Waals surface area contributed by atoms with Gasteiger partial charge in [0.15, 0.2) is 24.6 Å². The Morgan fingerprint density at radius 1 is 0.857 bits per heavy atom. The van der Waals surface area contributed by atoms with Crippen molar-refractivity contribution in [1.29, 1.82) is 0 Å². The maximum absolute atomic E-state index is 11.8. The number of unbranched alkanes of at least 4 members (excludes halogenated alkanes) is 1. The number of halogens is 1. The highest BCUT2D eigenvalue weighted by Crippen LogP contribution is 2.30. The van der Waals surface area contributed by atoms with Crippen molar-refractivity contribution < 1.29 is 69.1 Å². The molecule has 5 atom stereocenters. The fourth-order valence-corrected chi connectivity index (χ4v) is 3.49. The molecule has 0 saturated carbocycles. The number of esters is 4. The second kappa shape index (κ2) is 15.7. The average molecular weight is 566 g/mol. The topological polar surface area (TPSA) is 124 Å². The van der Waals surface area contributed by atoms with Gasteiger partial charge < -0.3 is 49.9 Å². The first kappa shape index (κ1) is 32.8. The number of hydrogen-bond donors (Lipinski definition) is 0. The zero-order valence-corrected chi connectivity index (χ0v) is 22.7. The molecule has 1 rings (SSSR count). The fourth-order valence-electron chi connectivity index (χ4n) is 3.49. The maximum Gasteiger partial charge on any atom is 0.303 e. The lowest BCUT2D eigenvalue weighted by molar-refractivity contribution is -0.883. The van der Waals surface area contributed by atoms with Crippen molar-refractivity contribution in [3.63, 3.8) is 0 Å². The lowest BCUT2D eigenvalue weighted by Crippen LogP contribution is -3.00. The number of rotatable bonds is 12. The minimum atomic E-state index is -1.24. The van der Waals surface area contributed by atoms with Crippen molar-refractivity contribution in [2.24, 2.45) is 0 Å². The van der Waals surface area contributed by atoms with Crippen molar-refractivity contribution in [2.75, 3.05) is 40.4 Å². The number of carbonyl (C=O) groups is 4. The number of terminal acetylenes is 1. The summed E-state index contributed by atoms with van der Waals surface area (Å²) in [5, 5.41) is 0. The monoisotopic (exact) mass is 565 g/mol. The molecule has 1 unspecified atom stereocenters. The summed E-state index contributed by atoms with van der Waals surface area (Å²) in [7, 11) is 4.06. The van der Waals surface area contributed by atoms with Crippen LogP contribution in [-0.2, 0) is 47.6 Å². The molecule has 12 heteroatoms. The highest BCUT2D eigenvalue weighted by molar-refractivity contribution is 5.68. The standard InChI is InChI=1S/C23H36NO10.BrH/c1-8-11-24(6,7)12-9-10-13-29-23-22(33-18(5)28)21(32-17(4)27)20(31-16(3)26)19(34-23)14-30-15(2)25;/h1,19-23H,9-14H2,2-7H3;1H/q+1;/p-1/t19-,20-,21+,22-,23?;/m1./s1. The highest BCUT2D eigenvalue weighted by atomic mass is 79.9. The fraction of sp³-hybridized carbons (Fsp3) is 0.739. The summed E-state index contributed by atoms with van der Waals surface area (Å²) >= 11 is 0. The summed E-state index contributed by atoms with van der Waals surface area (Å²) in [6.07, 6.45) is 1.01. The second-order valence-corrected chi connectivity index (χ2v) is 8.67. The van der Waals surface area contributed by atoms with Gasteiger partial charge in [0.1, 0.15) is 19.3 Å². The van der Waals surface area contributed by atoms with E-state index >= 15 is 0 Å². The second-order valence-electron chi connectivity index (χ2n) is 8.67. The van der Waals surface area contributed by atoms with Gasteiger partial charge in [-0.05, 0) is 18.8 Å². The van der Waals surface area contributed by atoms with E-state index in [9.17, 15) is 19.2 Å². The lowest BCUT2D eigenvalue weighted by Gasteiger charge is -2.44. The summed E-state index contributed by atoms with van der Waals surface area (Å²) < 4.78 is 33.5. The smallest absolute Gasteiger partial charge is 0.303 e. The Labute approximate surface area is 217 Å². The molecular formula is C23H36BrNO10. The van der Waals surface area contributed by atoms with E-state index in [1.807, 2.05) is 14.1 Å². The van der Waals surface area contributed by atoms with Gasteiger partial charge in [-0.2, -0.15) is 0 Å². The van der Waals surface area contributed by atoms with Crippen LogP contribution in [0.5, 0.6) is 0 Å². The molecule has 0 radical (unpaired) electrons. The number of carbonyl (C=O) groups excluding carboxylic acids is 4. The van der Waals surface area contributed by atoms with Crippen LogP contribution in [0.3, 0.4) is 0 Å². The van der Waals surface area contributed by atoms with Crippen molar-refractivity contribution in [3.05, 3.63) is 0 Å². The summed E-state index contributed by atoms with van der Waals surface area (Å²) in [6.45, 7) is 6.09. The first-order chi connectivity index (χ1) is 15.9. The van der Waals surface area contributed by atoms with Crippen LogP contribution < -0.4 is 17.0 Å². The number of nitrogens with zero attached hydrogens (tertiary/aromatic N) is 1. The van der Waals surface area contributed by atoms with Gasteiger partial charge in [0.25, 0.3) is 0 Å². The third-order valence-corrected chi connectivity index (χ3v) is 4.91. The minimum absolute atomic E-state index is 0. The zero-order chi connectivity index (χ0) is 25.9. The summed E-state index contributed by atoms with van der Waals surface area (Å²) in [4.78, 5) is 46.7. The van der Waals surface area contributed by atoms with E-state index < -0.39 is 54.6 Å². The van der Waals surface area contributed by atoms with Crippen molar-refractivity contribution in [2.45, 2.75) is 71.2 Å². The van der Waals surface area contributed by atoms with E-state index in [4.69, 9.17) is 34.8 Å². The molecule has 0 amide bonds. The van der Waals surface area contributed by atoms with Gasteiger partial charge in [-0.25, -0.2) is 0 Å². The molecule has 200 valence electrons. The molecule has 1 aliphatic rings. The summed E-state index contributed by atoms with van der Waals surface area (Å²) in [5.41, 5.74) is 0. The maximum atomic E-state index is 11.8. The van der Waals surface area contributed by atoms with Gasteiger partial charge >= 0.3 is 23.9 Å². The third-order valence-electron chi connectivity index (χ3n) is 4.91. The Hall–Kier alpha value is -2.20. The Kier molecular flexibility index (Phi) is 14.7. The highest BCUT2D eigenvalue weighted by Gasteiger charge is 2.52. The molecule has 35 heavy (non-hydrogen) atoms. The third kappa shape index (κ3) is 12.4. The summed E-state index contributed by atoms with van der Waals surface area (Å²) in [6, 6.07) is 0. The molecule has 0 bridgehead atoms. The van der Waals surface area contributed by atoms with E-state index in [2.05, 4.69) is 5.92 Å². The molecule has 1 aliphatic heterocycles. The molecule has 0 aromatic rings. The normalized spacial score (nSPS) is 23.7. The predicted octanol–water partition coefficient (Wildman–Crippen LogP) is -2.42. The van der Waals surface area contributed by atoms with Crippen LogP contribution in [0.4, 0.5) is 0 Å². The van der Waals surface area contributed by atoms with Crippen molar-refractivity contribution in [3.8, 4) is 12.3 Å². The molecule has 1 saturated heterocycles. The molecule has 0 aliphatic carbocycles. The zero-order valence-electron chi connectivity index (χ0n) is 21.1. The van der Waals surface area contributed by atoms with Crippen LogP contribution in [0, 0.1) is 12.3 Å². The van der Waals surface area contributed by atoms with Gasteiger partial charge in [0.2, 0.25) is 0 Å². The molecule has 1 fully saturated rings. The van der Waals surface area contributed by atoms with E-state index in [0.29, 0.717) is 17.4 Å². The predicted molar refractivity (Wildman–Crippen MR) is 118 cm³/mol. The molecule has 0 spiro atoms. The van der Waals surface area contributed by atoms with Gasteiger partial charge in [-0.15, -0.1) is 6.42 Å². The lowest BCUT2D eigenvalue weighted by atomic mass is 9.98. The Bertz CT molecular complexity index is 766. The summed E-state index contributed by atoms with van der Waals surface area (Å²) in [5.74, 6) is 0.00877. The van der Waals surface area contributed by atoms with E-state index in [1.54, 1.807) is 0 Å². The van der Waals surface area contributed by atoms with Crippen LogP contribution in [0.2, 0.25) is 0 Å². The van der Waals surface area contributed by atoms with Gasteiger partial charge in [-0.1, -0.05) is 0 Å². The van der Waals surface area contributed by atoms with Gasteiger partial charge in [0.05, 0.1) is 27.2 Å². The van der Waals surface area contributed by atoms with Crippen LogP contribution in [0.1, 0.15) is 40.5 Å². The van der Waals surface area contributed by atoms with Crippen LogP contribution in [0.15, 0.2) is 0 Å². The molecule has 0 N–H and O–H groups in total. The van der Waals surface area contributed by atoms with E-state index in [-0.39, 0.29) is 30.2 Å². The largest absolute Gasteiger partial charge is 1.00 e. The number of ether oxygens (including phenoxy) is 6. The first-order valence-corrected chi connectivity index (χ1v) is 11.0. The Balaban J connectivity index is 0.0000116. The van der Waals surface area contributed by atoms with Crippen molar-refractivity contribution >= 4 is 23.9 Å². The number of hydrogen-bond acceptors (Lipinski definition) is 10. The minimum Gasteiger partial charge on any atom is -1.00 e. The van der Waals surface area contributed by atoms with Gasteiger partial charge in [-0.3, -0.25) is 19.2 Å². The molecule has 0 aromatic carbocycles. The van der Waals surface area contributed by atoms with Crippen LogP contribution in [-0.4, -0.2) is 99.5 Å². The van der Waals surface area contributed by atoms with Gasteiger partial charge in [0, 0.05) is 27.7 Å².